The number of aromatic nitrogens is 3. The Morgan fingerprint density at radius 2 is 1.28 bits per heavy atom. The lowest BCUT2D eigenvalue weighted by Gasteiger charge is -2.09. The monoisotopic (exact) mass is 276 g/mol. The highest BCUT2D eigenvalue weighted by Gasteiger charge is 2.44. The van der Waals surface area contributed by atoms with Gasteiger partial charge in [0, 0.05) is 0 Å². The van der Waals surface area contributed by atoms with Gasteiger partial charge in [0.05, 0.1) is 12.4 Å². The highest BCUT2D eigenvalue weighted by atomic mass is 19.4. The second-order valence-electron chi connectivity index (χ2n) is 2.79. The molecule has 0 radical (unpaired) electrons. The molecule has 102 valence electrons. The highest BCUT2D eigenvalue weighted by Crippen LogP contribution is 2.37. The SMILES string of the molecule is C1=CN[NH2+]N1.FC(F)(F)c1n[n-]nc1C(F)(F)F. The number of hydrogen-bond donors (Lipinski definition) is 3. The maximum absolute atomic E-state index is 11.8. The molecule has 0 bridgehead atoms. The van der Waals surface area contributed by atoms with Crippen LogP contribution in [0.25, 0.3) is 0 Å². The highest BCUT2D eigenvalue weighted by molar-refractivity contribution is 5.15. The van der Waals surface area contributed by atoms with E-state index in [9.17, 15) is 26.3 Å². The molecule has 1 aromatic heterocycles. The lowest BCUT2D eigenvalue weighted by molar-refractivity contribution is -0.738. The van der Waals surface area contributed by atoms with Crippen molar-refractivity contribution in [1.29, 1.82) is 0 Å². The lowest BCUT2D eigenvalue weighted by atomic mass is 10.3. The summed E-state index contributed by atoms with van der Waals surface area (Å²) in [5.74, 6) is 0. The second-order valence-corrected chi connectivity index (χ2v) is 2.79. The van der Waals surface area contributed by atoms with E-state index in [0.717, 1.165) is 0 Å². The van der Waals surface area contributed by atoms with Gasteiger partial charge in [0.25, 0.3) is 0 Å². The smallest absolute Gasteiger partial charge is 0.433 e. The fourth-order valence-electron chi connectivity index (χ4n) is 0.829. The number of nitrogens with one attached hydrogen (secondary N) is 2. The Bertz CT molecular complexity index is 371. The van der Waals surface area contributed by atoms with Gasteiger partial charge in [-0.3, -0.25) is 0 Å². The quantitative estimate of drug-likeness (QED) is 0.440. The fraction of sp³-hybridized carbons (Fsp3) is 0.333. The topological polar surface area (TPSA) is 80.5 Å². The van der Waals surface area contributed by atoms with Gasteiger partial charge in [0.1, 0.15) is 0 Å². The van der Waals surface area contributed by atoms with Gasteiger partial charge in [-0.25, -0.2) is 10.9 Å². The number of hydrogen-bond acceptors (Lipinski definition) is 4. The van der Waals surface area contributed by atoms with Crippen molar-refractivity contribution in [1.82, 2.24) is 26.3 Å². The molecular formula is C6H6F6N6. The molecule has 1 aromatic rings. The van der Waals surface area contributed by atoms with Crippen molar-refractivity contribution in [2.45, 2.75) is 12.4 Å². The van der Waals surface area contributed by atoms with Crippen molar-refractivity contribution < 1.29 is 31.9 Å². The number of alkyl halides is 6. The normalized spacial score (nSPS) is 14.6. The van der Waals surface area contributed by atoms with E-state index in [1.54, 1.807) is 5.53 Å². The van der Waals surface area contributed by atoms with Crippen LogP contribution in [-0.4, -0.2) is 10.2 Å². The predicted octanol–water partition coefficient (Wildman–Crippen LogP) is -0.485. The number of nitrogens with two attached hydrogens (primary N) is 1. The van der Waals surface area contributed by atoms with Gasteiger partial charge in [0.15, 0.2) is 11.4 Å². The first-order valence-corrected chi connectivity index (χ1v) is 4.22. The molecule has 4 N–H and O–H groups in total. The number of halogens is 6. The summed E-state index contributed by atoms with van der Waals surface area (Å²) in [4.78, 5) is 0. The van der Waals surface area contributed by atoms with E-state index in [-0.39, 0.29) is 0 Å². The minimum Gasteiger partial charge on any atom is -0.492 e. The van der Waals surface area contributed by atoms with Crippen LogP contribution in [0.4, 0.5) is 26.3 Å². The van der Waals surface area contributed by atoms with E-state index < -0.39 is 23.7 Å². The Morgan fingerprint density at radius 3 is 1.50 bits per heavy atom. The molecule has 0 spiro atoms. The van der Waals surface area contributed by atoms with Crippen molar-refractivity contribution in [3.63, 3.8) is 0 Å². The minimum absolute atomic E-state index is 1.75. The largest absolute Gasteiger partial charge is 0.492 e. The number of rotatable bonds is 0. The van der Waals surface area contributed by atoms with Crippen LogP contribution < -0.4 is 21.6 Å². The Labute approximate surface area is 95.4 Å². The lowest BCUT2D eigenvalue weighted by Crippen LogP contribution is -2.96. The third-order valence-corrected chi connectivity index (χ3v) is 1.49. The van der Waals surface area contributed by atoms with Gasteiger partial charge < -0.3 is 15.4 Å². The second kappa shape index (κ2) is 5.12. The van der Waals surface area contributed by atoms with Crippen LogP contribution in [0, 0.1) is 0 Å². The first kappa shape index (κ1) is 14.1. The van der Waals surface area contributed by atoms with Gasteiger partial charge in [0.2, 0.25) is 0 Å². The Hall–Kier alpha value is -1.98. The summed E-state index contributed by atoms with van der Waals surface area (Å²) in [7, 11) is 0. The summed E-state index contributed by atoms with van der Waals surface area (Å²) in [5.41, 5.74) is 3.14. The minimum atomic E-state index is -5.19. The van der Waals surface area contributed by atoms with E-state index in [1.165, 1.54) is 0 Å². The molecule has 6 nitrogen and oxygen atoms in total. The zero-order valence-electron chi connectivity index (χ0n) is 8.34. The summed E-state index contributed by atoms with van der Waals surface area (Å²) in [6.45, 7) is 0. The van der Waals surface area contributed by atoms with Gasteiger partial charge in [-0.15, -0.1) is 0 Å². The van der Waals surface area contributed by atoms with Crippen LogP contribution in [0.3, 0.4) is 0 Å². The summed E-state index contributed by atoms with van der Waals surface area (Å²) in [5, 5.41) is 6.81. The van der Waals surface area contributed by atoms with Crippen LogP contribution in [0.5, 0.6) is 0 Å². The van der Waals surface area contributed by atoms with Crippen molar-refractivity contribution in [2.24, 2.45) is 0 Å². The molecule has 12 heteroatoms. The van der Waals surface area contributed by atoms with Gasteiger partial charge in [-0.1, -0.05) is 0 Å². The van der Waals surface area contributed by atoms with Gasteiger partial charge in [-0.2, -0.15) is 31.9 Å². The number of quaternary nitrogens is 1. The first-order valence-electron chi connectivity index (χ1n) is 4.22. The summed E-state index contributed by atoms with van der Waals surface area (Å²) < 4.78 is 70.6. The molecule has 0 saturated heterocycles. The van der Waals surface area contributed by atoms with Gasteiger partial charge >= 0.3 is 12.4 Å². The van der Waals surface area contributed by atoms with Crippen LogP contribution in [0.15, 0.2) is 12.4 Å². The van der Waals surface area contributed by atoms with Crippen LogP contribution in [0.2, 0.25) is 0 Å². The number of nitrogens with zero attached hydrogens (tertiary/aromatic N) is 3. The van der Waals surface area contributed by atoms with Crippen molar-refractivity contribution in [3.05, 3.63) is 23.8 Å². The molecular weight excluding hydrogens is 270 g/mol. The zero-order valence-corrected chi connectivity index (χ0v) is 8.34. The van der Waals surface area contributed by atoms with Crippen LogP contribution in [-0.2, 0) is 12.4 Å². The molecule has 0 aromatic carbocycles. The molecule has 1 aliphatic rings. The van der Waals surface area contributed by atoms with Crippen LogP contribution in [0.1, 0.15) is 11.4 Å². The summed E-state index contributed by atoms with van der Waals surface area (Å²) >= 11 is 0. The van der Waals surface area contributed by atoms with Crippen molar-refractivity contribution in [2.75, 3.05) is 0 Å². The summed E-state index contributed by atoms with van der Waals surface area (Å²) in [6, 6.07) is 0. The van der Waals surface area contributed by atoms with Gasteiger partial charge in [-0.05, 0) is 0 Å². The Morgan fingerprint density at radius 1 is 0.889 bits per heavy atom. The molecule has 2 heterocycles. The van der Waals surface area contributed by atoms with E-state index in [2.05, 4.69) is 26.3 Å². The molecule has 0 fully saturated rings. The standard InChI is InChI=1S/C4F6N3.C2H5N3/c5-3(6,7)1-2(4(8,9)10)12-13-11-1;1-2-4-5-3-1/h;1-5H/q-1;/p+1. The van der Waals surface area contributed by atoms with Crippen LogP contribution >= 0.6 is 0 Å². The molecule has 0 amide bonds. The first-order chi connectivity index (χ1) is 8.23. The molecule has 2 rings (SSSR count). The average Bonchev–Trinajstić information content (AvgIpc) is 2.91. The molecule has 0 atom stereocenters. The van der Waals surface area contributed by atoms with E-state index in [4.69, 9.17) is 0 Å². The fourth-order valence-corrected chi connectivity index (χ4v) is 0.829. The molecule has 0 unspecified atom stereocenters. The van der Waals surface area contributed by atoms with E-state index >= 15 is 0 Å². The predicted molar refractivity (Wildman–Crippen MR) is 42.7 cm³/mol. The maximum atomic E-state index is 11.8. The molecule has 0 saturated carbocycles. The summed E-state index contributed by atoms with van der Waals surface area (Å²) in [6.07, 6.45) is -6.73. The molecule has 0 aliphatic carbocycles. The zero-order chi connectivity index (χ0) is 13.8. The Balaban J connectivity index is 0.000000269. The van der Waals surface area contributed by atoms with Crippen molar-refractivity contribution in [3.8, 4) is 0 Å². The van der Waals surface area contributed by atoms with E-state index in [1.807, 2.05) is 12.4 Å². The van der Waals surface area contributed by atoms with E-state index in [0.29, 0.717) is 0 Å². The molecule has 18 heavy (non-hydrogen) atoms. The molecule has 1 aliphatic heterocycles. The maximum Gasteiger partial charge on any atom is 0.433 e. The third-order valence-electron chi connectivity index (χ3n) is 1.49. The average molecular weight is 276 g/mol. The Kier molecular flexibility index (Phi) is 4.00. The van der Waals surface area contributed by atoms with Crippen molar-refractivity contribution >= 4 is 0 Å². The third kappa shape index (κ3) is 3.80.